The SMILES string of the molecule is Cc1cc(CC(=O)O)ccc1C(C)C(=O)c1sccc1S(=O)(=O)Nc1onc(C)c1Cl. The summed E-state index contributed by atoms with van der Waals surface area (Å²) in [6, 6.07) is 6.41. The van der Waals surface area contributed by atoms with Crippen molar-refractivity contribution in [3.63, 3.8) is 0 Å². The third-order valence-corrected chi connectivity index (χ3v) is 7.59. The number of aryl methyl sites for hydroxylation is 2. The van der Waals surface area contributed by atoms with Gasteiger partial charge in [0.05, 0.1) is 11.3 Å². The number of thiophene rings is 1. The lowest BCUT2D eigenvalue weighted by Gasteiger charge is -2.15. The second kappa shape index (κ2) is 8.81. The lowest BCUT2D eigenvalue weighted by Crippen LogP contribution is -2.17. The van der Waals surface area contributed by atoms with Crippen LogP contribution in [-0.4, -0.2) is 30.4 Å². The van der Waals surface area contributed by atoms with Crippen LogP contribution in [0.3, 0.4) is 0 Å². The van der Waals surface area contributed by atoms with Gasteiger partial charge in [0.1, 0.15) is 15.6 Å². The topological polar surface area (TPSA) is 127 Å². The number of benzene rings is 1. The first-order chi connectivity index (χ1) is 14.5. The first-order valence-corrected chi connectivity index (χ1v) is 11.8. The Morgan fingerprint density at radius 1 is 1.29 bits per heavy atom. The smallest absolute Gasteiger partial charge is 0.307 e. The molecule has 164 valence electrons. The number of carboxylic acid groups (broad SMARTS) is 1. The molecule has 31 heavy (non-hydrogen) atoms. The number of rotatable bonds is 8. The van der Waals surface area contributed by atoms with Crippen LogP contribution in [-0.2, 0) is 21.2 Å². The van der Waals surface area contributed by atoms with E-state index in [0.29, 0.717) is 16.8 Å². The minimum Gasteiger partial charge on any atom is -0.481 e. The third-order valence-electron chi connectivity index (χ3n) is 4.71. The number of halogens is 1. The van der Waals surface area contributed by atoms with Crippen molar-refractivity contribution in [1.82, 2.24) is 5.16 Å². The Balaban J connectivity index is 1.89. The lowest BCUT2D eigenvalue weighted by molar-refractivity contribution is -0.136. The van der Waals surface area contributed by atoms with Gasteiger partial charge < -0.3 is 9.63 Å². The van der Waals surface area contributed by atoms with Gasteiger partial charge in [-0.15, -0.1) is 11.3 Å². The first kappa shape index (κ1) is 23.0. The molecule has 0 saturated carbocycles. The standard InChI is InChI=1S/C20H19ClN2O6S2/c1-10-8-13(9-16(24)25)4-5-14(10)11(2)18(26)19-15(6-7-30-19)31(27,28)23-20-17(21)12(3)22-29-20/h4-8,11,23H,9H2,1-3H3,(H,24,25). The van der Waals surface area contributed by atoms with E-state index in [-0.39, 0.29) is 32.9 Å². The predicted molar refractivity (Wildman–Crippen MR) is 117 cm³/mol. The summed E-state index contributed by atoms with van der Waals surface area (Å²) < 4.78 is 32.9. The molecule has 0 fully saturated rings. The van der Waals surface area contributed by atoms with Gasteiger partial charge >= 0.3 is 5.97 Å². The summed E-state index contributed by atoms with van der Waals surface area (Å²) in [7, 11) is -4.14. The van der Waals surface area contributed by atoms with Crippen LogP contribution in [0.25, 0.3) is 0 Å². The summed E-state index contributed by atoms with van der Waals surface area (Å²) in [6.07, 6.45) is -0.119. The molecule has 8 nitrogen and oxygen atoms in total. The molecule has 3 aromatic rings. The van der Waals surface area contributed by atoms with Crippen molar-refractivity contribution < 1.29 is 27.6 Å². The fraction of sp³-hybridized carbons (Fsp3) is 0.250. The molecule has 3 rings (SSSR count). The van der Waals surface area contributed by atoms with Gasteiger partial charge in [-0.25, -0.2) is 13.1 Å². The maximum Gasteiger partial charge on any atom is 0.307 e. The zero-order valence-corrected chi connectivity index (χ0v) is 19.2. The number of carbonyl (C=O) groups is 2. The van der Waals surface area contributed by atoms with Crippen LogP contribution in [0.5, 0.6) is 0 Å². The number of carbonyl (C=O) groups excluding carboxylic acids is 1. The second-order valence-corrected chi connectivity index (χ2v) is 9.92. The highest BCUT2D eigenvalue weighted by Gasteiger charge is 2.30. The average molecular weight is 483 g/mol. The van der Waals surface area contributed by atoms with Crippen LogP contribution in [0.15, 0.2) is 39.1 Å². The number of nitrogens with zero attached hydrogens (tertiary/aromatic N) is 1. The largest absolute Gasteiger partial charge is 0.481 e. The van der Waals surface area contributed by atoms with Crippen LogP contribution >= 0.6 is 22.9 Å². The highest BCUT2D eigenvalue weighted by molar-refractivity contribution is 7.93. The number of anilines is 1. The van der Waals surface area contributed by atoms with E-state index >= 15 is 0 Å². The fourth-order valence-electron chi connectivity index (χ4n) is 3.13. The fourth-order valence-corrected chi connectivity index (χ4v) is 5.77. The van der Waals surface area contributed by atoms with Gasteiger partial charge in [0.2, 0.25) is 0 Å². The number of carboxylic acids is 1. The molecule has 0 amide bonds. The quantitative estimate of drug-likeness (QED) is 0.455. The number of ketones is 1. The van der Waals surface area contributed by atoms with E-state index in [1.54, 1.807) is 39.0 Å². The molecule has 0 aliphatic rings. The molecule has 2 heterocycles. The molecule has 1 aromatic carbocycles. The Kier molecular flexibility index (Phi) is 6.54. The monoisotopic (exact) mass is 482 g/mol. The molecule has 2 aromatic heterocycles. The van der Waals surface area contributed by atoms with Gasteiger partial charge in [-0.3, -0.25) is 9.59 Å². The molecular weight excluding hydrogens is 464 g/mol. The van der Waals surface area contributed by atoms with E-state index in [0.717, 1.165) is 16.9 Å². The maximum absolute atomic E-state index is 13.2. The zero-order chi connectivity index (χ0) is 22.9. The Labute approximate surface area is 187 Å². The maximum atomic E-state index is 13.2. The summed E-state index contributed by atoms with van der Waals surface area (Å²) in [5, 5.41) is 14.1. The summed E-state index contributed by atoms with van der Waals surface area (Å²) in [4.78, 5) is 24.0. The normalized spacial score (nSPS) is 12.5. The zero-order valence-electron chi connectivity index (χ0n) is 16.8. The molecule has 0 aliphatic carbocycles. The van der Waals surface area contributed by atoms with Crippen molar-refractivity contribution in [3.8, 4) is 0 Å². The van der Waals surface area contributed by atoms with E-state index in [1.165, 1.54) is 11.4 Å². The predicted octanol–water partition coefficient (Wildman–Crippen LogP) is 4.42. The molecule has 0 saturated heterocycles. The first-order valence-electron chi connectivity index (χ1n) is 9.08. The summed E-state index contributed by atoms with van der Waals surface area (Å²) in [5.41, 5.74) is 2.40. The number of aliphatic carboxylic acids is 1. The van der Waals surface area contributed by atoms with Crippen LogP contribution in [0.4, 0.5) is 5.88 Å². The molecule has 0 radical (unpaired) electrons. The highest BCUT2D eigenvalue weighted by atomic mass is 35.5. The Bertz CT molecular complexity index is 1260. The number of aromatic nitrogens is 1. The molecule has 2 N–H and O–H groups in total. The van der Waals surface area contributed by atoms with Gasteiger partial charge in [0.15, 0.2) is 5.78 Å². The van der Waals surface area contributed by atoms with E-state index in [1.807, 2.05) is 0 Å². The molecule has 0 aliphatic heterocycles. The summed E-state index contributed by atoms with van der Waals surface area (Å²) in [5.74, 6) is -2.17. The van der Waals surface area contributed by atoms with E-state index in [4.69, 9.17) is 21.2 Å². The Morgan fingerprint density at radius 3 is 2.58 bits per heavy atom. The number of hydrogen-bond donors (Lipinski definition) is 2. The van der Waals surface area contributed by atoms with E-state index in [2.05, 4.69) is 9.88 Å². The Hall–Kier alpha value is -2.69. The van der Waals surface area contributed by atoms with Crippen LogP contribution < -0.4 is 4.72 Å². The van der Waals surface area contributed by atoms with Crippen molar-refractivity contribution in [3.05, 3.63) is 61.9 Å². The highest BCUT2D eigenvalue weighted by Crippen LogP contribution is 2.33. The van der Waals surface area contributed by atoms with E-state index in [9.17, 15) is 18.0 Å². The van der Waals surface area contributed by atoms with Gasteiger partial charge in [-0.1, -0.05) is 41.9 Å². The lowest BCUT2D eigenvalue weighted by atomic mass is 9.90. The molecule has 1 atom stereocenters. The second-order valence-electron chi connectivity index (χ2n) is 6.98. The summed E-state index contributed by atoms with van der Waals surface area (Å²) >= 11 is 7.01. The van der Waals surface area contributed by atoms with Crippen molar-refractivity contribution in [2.75, 3.05) is 4.72 Å². The van der Waals surface area contributed by atoms with Crippen molar-refractivity contribution in [2.45, 2.75) is 38.0 Å². The number of hydrogen-bond acceptors (Lipinski definition) is 7. The third kappa shape index (κ3) is 4.81. The number of nitrogens with one attached hydrogen (secondary N) is 1. The molecule has 0 spiro atoms. The van der Waals surface area contributed by atoms with Crippen LogP contribution in [0.1, 0.15) is 44.9 Å². The average Bonchev–Trinajstić information content (AvgIpc) is 3.30. The minimum atomic E-state index is -4.14. The molecular formula is C20H19ClN2O6S2. The Morgan fingerprint density at radius 2 is 2.00 bits per heavy atom. The van der Waals surface area contributed by atoms with Gasteiger partial charge in [0, 0.05) is 5.92 Å². The molecule has 11 heteroatoms. The van der Waals surface area contributed by atoms with Crippen LogP contribution in [0.2, 0.25) is 5.02 Å². The van der Waals surface area contributed by atoms with Gasteiger partial charge in [-0.2, -0.15) is 0 Å². The summed E-state index contributed by atoms with van der Waals surface area (Å²) in [6.45, 7) is 5.03. The molecule has 1 unspecified atom stereocenters. The van der Waals surface area contributed by atoms with Crippen molar-refractivity contribution >= 4 is 50.6 Å². The van der Waals surface area contributed by atoms with E-state index < -0.39 is 21.9 Å². The van der Waals surface area contributed by atoms with Crippen LogP contribution in [0, 0.1) is 13.8 Å². The minimum absolute atomic E-state index is 0.0390. The number of Topliss-reactive ketones (excluding diaryl/α,β-unsaturated/α-hetero) is 1. The van der Waals surface area contributed by atoms with Crippen molar-refractivity contribution in [1.29, 1.82) is 0 Å². The number of sulfonamides is 1. The molecule has 0 bridgehead atoms. The van der Waals surface area contributed by atoms with Gasteiger partial charge in [0.25, 0.3) is 15.9 Å². The van der Waals surface area contributed by atoms with Crippen molar-refractivity contribution in [2.24, 2.45) is 0 Å². The van der Waals surface area contributed by atoms with Gasteiger partial charge in [-0.05, 0) is 42.0 Å².